The molecule has 2 rings (SSSR count). The third kappa shape index (κ3) is 3.66. The van der Waals surface area contributed by atoms with Crippen molar-refractivity contribution < 1.29 is 14.3 Å². The Bertz CT molecular complexity index is 388. The van der Waals surface area contributed by atoms with Crippen LogP contribution in [0.2, 0.25) is 0 Å². The normalized spacial score (nSPS) is 16.5. The number of esters is 1. The fraction of sp³-hybridized carbons (Fsp3) is 0.750. The van der Waals surface area contributed by atoms with Gasteiger partial charge in [0.05, 0.1) is 13.2 Å². The van der Waals surface area contributed by atoms with Gasteiger partial charge in [-0.3, -0.25) is 0 Å². The Labute approximate surface area is 111 Å². The summed E-state index contributed by atoms with van der Waals surface area (Å²) in [5.41, 5.74) is 0. The fourth-order valence-corrected chi connectivity index (χ4v) is 2.68. The number of carbonyl (C=O) groups is 1. The van der Waals surface area contributed by atoms with Gasteiger partial charge in [-0.1, -0.05) is 24.4 Å². The van der Waals surface area contributed by atoms with Crippen LogP contribution in [0, 0.1) is 5.92 Å². The van der Waals surface area contributed by atoms with Crippen LogP contribution in [0.4, 0.5) is 0 Å². The molecule has 1 aromatic rings. The van der Waals surface area contributed by atoms with Gasteiger partial charge in [0, 0.05) is 0 Å². The predicted molar refractivity (Wildman–Crippen MR) is 67.9 cm³/mol. The Kier molecular flexibility index (Phi) is 4.92. The molecule has 100 valence electrons. The third-order valence-corrected chi connectivity index (χ3v) is 3.84. The van der Waals surface area contributed by atoms with E-state index in [2.05, 4.69) is 10.2 Å². The molecule has 6 heteroatoms. The molecule has 0 aliphatic heterocycles. The third-order valence-electron chi connectivity index (χ3n) is 3.02. The molecule has 0 aromatic carbocycles. The molecule has 1 aliphatic carbocycles. The SMILES string of the molecule is CCOC(=O)c1nnc(OCC2CCCCC2)s1. The summed E-state index contributed by atoms with van der Waals surface area (Å²) in [5.74, 6) is 0.191. The van der Waals surface area contributed by atoms with Gasteiger partial charge in [0.2, 0.25) is 5.01 Å². The highest BCUT2D eigenvalue weighted by molar-refractivity contribution is 7.14. The lowest BCUT2D eigenvalue weighted by Crippen LogP contribution is -2.15. The van der Waals surface area contributed by atoms with E-state index in [1.807, 2.05) is 0 Å². The molecule has 0 amide bonds. The van der Waals surface area contributed by atoms with Crippen molar-refractivity contribution in [1.82, 2.24) is 10.2 Å². The van der Waals surface area contributed by atoms with Crippen LogP contribution in [-0.2, 0) is 4.74 Å². The second-order valence-electron chi connectivity index (χ2n) is 4.41. The first-order valence-corrected chi connectivity index (χ1v) is 7.24. The highest BCUT2D eigenvalue weighted by Crippen LogP contribution is 2.25. The first-order chi connectivity index (χ1) is 8.79. The Hall–Kier alpha value is -1.17. The van der Waals surface area contributed by atoms with Crippen LogP contribution in [0.5, 0.6) is 5.19 Å². The van der Waals surface area contributed by atoms with Crippen LogP contribution in [0.15, 0.2) is 0 Å². The first-order valence-electron chi connectivity index (χ1n) is 6.43. The smallest absolute Gasteiger partial charge is 0.369 e. The zero-order valence-corrected chi connectivity index (χ0v) is 11.4. The predicted octanol–water partition coefficient (Wildman–Crippen LogP) is 2.67. The molecule has 0 bridgehead atoms. The molecule has 1 fully saturated rings. The molecule has 0 atom stereocenters. The Morgan fingerprint density at radius 2 is 2.11 bits per heavy atom. The van der Waals surface area contributed by atoms with Gasteiger partial charge in [-0.15, -0.1) is 5.10 Å². The molecule has 0 N–H and O–H groups in total. The van der Waals surface area contributed by atoms with Gasteiger partial charge in [-0.25, -0.2) is 4.79 Å². The topological polar surface area (TPSA) is 61.3 Å². The standard InChI is InChI=1S/C12H18N2O3S/c1-2-16-11(15)10-13-14-12(18-10)17-8-9-6-4-3-5-7-9/h9H,2-8H2,1H3. The van der Waals surface area contributed by atoms with E-state index in [-0.39, 0.29) is 5.01 Å². The lowest BCUT2D eigenvalue weighted by Gasteiger charge is -2.20. The Balaban J connectivity index is 1.80. The number of nitrogens with zero attached hydrogens (tertiary/aromatic N) is 2. The molecule has 18 heavy (non-hydrogen) atoms. The minimum atomic E-state index is -0.428. The van der Waals surface area contributed by atoms with Crippen molar-refractivity contribution in [2.24, 2.45) is 5.92 Å². The molecule has 0 radical (unpaired) electrons. The van der Waals surface area contributed by atoms with Crippen LogP contribution < -0.4 is 4.74 Å². The zero-order chi connectivity index (χ0) is 12.8. The van der Waals surface area contributed by atoms with Crippen molar-refractivity contribution in [2.75, 3.05) is 13.2 Å². The van der Waals surface area contributed by atoms with Gasteiger partial charge in [0.25, 0.3) is 5.19 Å². The summed E-state index contributed by atoms with van der Waals surface area (Å²) in [6.45, 7) is 2.79. The Morgan fingerprint density at radius 3 is 2.83 bits per heavy atom. The molecule has 1 saturated carbocycles. The van der Waals surface area contributed by atoms with Crippen molar-refractivity contribution in [3.63, 3.8) is 0 Å². The summed E-state index contributed by atoms with van der Waals surface area (Å²) in [6.07, 6.45) is 6.37. The zero-order valence-electron chi connectivity index (χ0n) is 10.6. The number of carbonyl (C=O) groups excluding carboxylic acids is 1. The van der Waals surface area contributed by atoms with E-state index < -0.39 is 5.97 Å². The number of rotatable bonds is 5. The number of aromatic nitrogens is 2. The highest BCUT2D eigenvalue weighted by atomic mass is 32.1. The van der Waals surface area contributed by atoms with Gasteiger partial charge in [0.1, 0.15) is 0 Å². The van der Waals surface area contributed by atoms with Gasteiger partial charge in [-0.2, -0.15) is 0 Å². The van der Waals surface area contributed by atoms with Crippen molar-refractivity contribution >= 4 is 17.3 Å². The van der Waals surface area contributed by atoms with Gasteiger partial charge < -0.3 is 9.47 Å². The van der Waals surface area contributed by atoms with Gasteiger partial charge in [-0.05, 0) is 37.0 Å². The number of hydrogen-bond acceptors (Lipinski definition) is 6. The summed E-state index contributed by atoms with van der Waals surface area (Å²) in [6, 6.07) is 0. The van der Waals surface area contributed by atoms with Crippen molar-refractivity contribution in [1.29, 1.82) is 0 Å². The van der Waals surface area contributed by atoms with Crippen molar-refractivity contribution in [2.45, 2.75) is 39.0 Å². The van der Waals surface area contributed by atoms with E-state index in [0.29, 0.717) is 24.3 Å². The molecule has 5 nitrogen and oxygen atoms in total. The van der Waals surface area contributed by atoms with Crippen molar-refractivity contribution in [3.05, 3.63) is 5.01 Å². The molecular weight excluding hydrogens is 252 g/mol. The fourth-order valence-electron chi connectivity index (χ4n) is 2.09. The molecular formula is C12H18N2O3S. The quantitative estimate of drug-likeness (QED) is 0.770. The summed E-state index contributed by atoms with van der Waals surface area (Å²) >= 11 is 1.15. The van der Waals surface area contributed by atoms with Crippen LogP contribution in [0.1, 0.15) is 48.8 Å². The van der Waals surface area contributed by atoms with E-state index in [0.717, 1.165) is 11.3 Å². The average molecular weight is 270 g/mol. The maximum Gasteiger partial charge on any atom is 0.369 e. The summed E-state index contributed by atoms with van der Waals surface area (Å²) in [4.78, 5) is 11.4. The molecule has 0 unspecified atom stereocenters. The van der Waals surface area contributed by atoms with Crippen LogP contribution in [0.25, 0.3) is 0 Å². The van der Waals surface area contributed by atoms with Crippen LogP contribution >= 0.6 is 11.3 Å². The van der Waals surface area contributed by atoms with E-state index in [4.69, 9.17) is 9.47 Å². The van der Waals surface area contributed by atoms with Gasteiger partial charge >= 0.3 is 5.97 Å². The van der Waals surface area contributed by atoms with E-state index in [1.54, 1.807) is 6.92 Å². The van der Waals surface area contributed by atoms with Crippen molar-refractivity contribution in [3.8, 4) is 5.19 Å². The number of ether oxygens (including phenoxy) is 2. The van der Waals surface area contributed by atoms with Gasteiger partial charge in [0.15, 0.2) is 0 Å². The van der Waals surface area contributed by atoms with E-state index >= 15 is 0 Å². The van der Waals surface area contributed by atoms with E-state index in [1.165, 1.54) is 32.1 Å². The summed E-state index contributed by atoms with van der Waals surface area (Å²) in [5, 5.41) is 8.34. The molecule has 1 aromatic heterocycles. The second-order valence-corrected chi connectivity index (χ2v) is 5.35. The van der Waals surface area contributed by atoms with Crippen LogP contribution in [0.3, 0.4) is 0 Å². The lowest BCUT2D eigenvalue weighted by atomic mass is 9.90. The summed E-state index contributed by atoms with van der Waals surface area (Å²) < 4.78 is 10.4. The van der Waals surface area contributed by atoms with Crippen LogP contribution in [-0.4, -0.2) is 29.4 Å². The molecule has 1 heterocycles. The maximum atomic E-state index is 11.4. The summed E-state index contributed by atoms with van der Waals surface area (Å²) in [7, 11) is 0. The maximum absolute atomic E-state index is 11.4. The molecule has 1 aliphatic rings. The minimum Gasteiger partial charge on any atom is -0.469 e. The highest BCUT2D eigenvalue weighted by Gasteiger charge is 2.17. The molecule has 0 spiro atoms. The monoisotopic (exact) mass is 270 g/mol. The largest absolute Gasteiger partial charge is 0.469 e. The molecule has 0 saturated heterocycles. The first kappa shape index (κ1) is 13.3. The lowest BCUT2D eigenvalue weighted by molar-refractivity contribution is 0.0525. The minimum absolute atomic E-state index is 0.260. The van der Waals surface area contributed by atoms with E-state index in [9.17, 15) is 4.79 Å². The second kappa shape index (κ2) is 6.68. The average Bonchev–Trinajstić information content (AvgIpc) is 2.87. The Morgan fingerprint density at radius 1 is 1.33 bits per heavy atom. The number of hydrogen-bond donors (Lipinski definition) is 0.